The van der Waals surface area contributed by atoms with E-state index in [4.69, 9.17) is 14.2 Å². The van der Waals surface area contributed by atoms with Gasteiger partial charge < -0.3 is 14.2 Å². The highest BCUT2D eigenvalue weighted by atomic mass is 16.5. The fraction of sp³-hybridized carbons (Fsp3) is 0.833. The Bertz CT molecular complexity index is 193. The van der Waals surface area contributed by atoms with Gasteiger partial charge in [0, 0.05) is 20.1 Å². The van der Waals surface area contributed by atoms with Crippen LogP contribution in [0.15, 0.2) is 12.7 Å². The fourth-order valence-electron chi connectivity index (χ4n) is 2.48. The number of ether oxygens (including phenoxy) is 3. The van der Waals surface area contributed by atoms with E-state index in [2.05, 4.69) is 13.5 Å². The van der Waals surface area contributed by atoms with Crippen LogP contribution in [0.5, 0.6) is 0 Å². The molecule has 1 unspecified atom stereocenters. The number of rotatable bonds is 6. The highest BCUT2D eigenvalue weighted by Gasteiger charge is 2.41. The third-order valence-corrected chi connectivity index (χ3v) is 3.08. The van der Waals surface area contributed by atoms with Gasteiger partial charge in [-0.15, -0.1) is 6.58 Å². The smallest absolute Gasteiger partial charge is 0.0885 e. The molecule has 0 spiro atoms. The summed E-state index contributed by atoms with van der Waals surface area (Å²) in [5.74, 6) is 0.972. The van der Waals surface area contributed by atoms with Crippen molar-refractivity contribution in [2.24, 2.45) is 11.8 Å². The first kappa shape index (κ1) is 12.7. The van der Waals surface area contributed by atoms with Crippen molar-refractivity contribution in [1.82, 2.24) is 0 Å². The maximum Gasteiger partial charge on any atom is 0.0885 e. The molecule has 1 fully saturated rings. The normalized spacial score (nSPS) is 35.7. The highest BCUT2D eigenvalue weighted by Crippen LogP contribution is 2.35. The summed E-state index contributed by atoms with van der Waals surface area (Å²) in [6.07, 6.45) is 3.21. The zero-order valence-corrected chi connectivity index (χ0v) is 9.94. The molecule has 88 valence electrons. The lowest BCUT2D eigenvalue weighted by molar-refractivity contribution is -0.0651. The third-order valence-electron chi connectivity index (χ3n) is 3.08. The predicted octanol–water partition coefficient (Wildman–Crippen LogP) is 1.88. The standard InChI is InChI=1S/C12H22O3/c1-5-6-15-11-9(2)7-10(8-13-3)12(11)14-4/h5,9-12H,1,6-8H2,2-4H3/t9-,10-,11-,12?/m1/s1. The van der Waals surface area contributed by atoms with Gasteiger partial charge in [-0.1, -0.05) is 13.0 Å². The minimum atomic E-state index is 0.153. The van der Waals surface area contributed by atoms with Crippen molar-refractivity contribution in [3.63, 3.8) is 0 Å². The molecule has 0 radical (unpaired) electrons. The van der Waals surface area contributed by atoms with E-state index in [1.807, 2.05) is 0 Å². The van der Waals surface area contributed by atoms with Gasteiger partial charge in [0.15, 0.2) is 0 Å². The van der Waals surface area contributed by atoms with Gasteiger partial charge in [-0.2, -0.15) is 0 Å². The third kappa shape index (κ3) is 3.03. The van der Waals surface area contributed by atoms with E-state index < -0.39 is 0 Å². The van der Waals surface area contributed by atoms with Crippen molar-refractivity contribution in [2.75, 3.05) is 27.4 Å². The molecule has 0 aliphatic heterocycles. The van der Waals surface area contributed by atoms with Crippen LogP contribution in [0, 0.1) is 11.8 Å². The Balaban J connectivity index is 2.56. The van der Waals surface area contributed by atoms with E-state index in [0.717, 1.165) is 13.0 Å². The molecule has 0 saturated heterocycles. The van der Waals surface area contributed by atoms with Crippen LogP contribution in [0.4, 0.5) is 0 Å². The topological polar surface area (TPSA) is 27.7 Å². The van der Waals surface area contributed by atoms with Crippen molar-refractivity contribution >= 4 is 0 Å². The number of hydrogen-bond donors (Lipinski definition) is 0. The Hall–Kier alpha value is -0.380. The van der Waals surface area contributed by atoms with E-state index in [9.17, 15) is 0 Å². The van der Waals surface area contributed by atoms with Gasteiger partial charge in [-0.05, 0) is 12.3 Å². The average Bonchev–Trinajstić information content (AvgIpc) is 2.52. The van der Waals surface area contributed by atoms with Crippen molar-refractivity contribution in [1.29, 1.82) is 0 Å². The second-order valence-electron chi connectivity index (χ2n) is 4.22. The largest absolute Gasteiger partial charge is 0.384 e. The quantitative estimate of drug-likeness (QED) is 0.632. The molecule has 0 aromatic rings. The van der Waals surface area contributed by atoms with Gasteiger partial charge >= 0.3 is 0 Å². The first-order chi connectivity index (χ1) is 7.24. The maximum atomic E-state index is 5.75. The summed E-state index contributed by atoms with van der Waals surface area (Å²) in [7, 11) is 3.48. The second kappa shape index (κ2) is 6.26. The zero-order valence-electron chi connectivity index (χ0n) is 9.94. The molecule has 1 saturated carbocycles. The summed E-state index contributed by atoms with van der Waals surface area (Å²) in [5, 5.41) is 0. The first-order valence-corrected chi connectivity index (χ1v) is 5.48. The predicted molar refractivity (Wildman–Crippen MR) is 59.9 cm³/mol. The maximum absolute atomic E-state index is 5.75. The van der Waals surface area contributed by atoms with Gasteiger partial charge in [0.25, 0.3) is 0 Å². The minimum Gasteiger partial charge on any atom is -0.384 e. The lowest BCUT2D eigenvalue weighted by Gasteiger charge is -2.24. The molecule has 0 bridgehead atoms. The van der Waals surface area contributed by atoms with Crippen LogP contribution in [-0.2, 0) is 14.2 Å². The Morgan fingerprint density at radius 3 is 2.60 bits per heavy atom. The second-order valence-corrected chi connectivity index (χ2v) is 4.22. The molecule has 4 atom stereocenters. The van der Waals surface area contributed by atoms with E-state index in [-0.39, 0.29) is 12.2 Å². The van der Waals surface area contributed by atoms with Gasteiger partial charge in [0.1, 0.15) is 0 Å². The summed E-state index contributed by atoms with van der Waals surface area (Å²) < 4.78 is 16.5. The molecule has 0 aromatic heterocycles. The van der Waals surface area contributed by atoms with Crippen molar-refractivity contribution in [2.45, 2.75) is 25.6 Å². The molecular weight excluding hydrogens is 192 g/mol. The monoisotopic (exact) mass is 214 g/mol. The molecule has 0 heterocycles. The van der Waals surface area contributed by atoms with E-state index in [0.29, 0.717) is 18.4 Å². The van der Waals surface area contributed by atoms with Gasteiger partial charge in [0.05, 0.1) is 25.4 Å². The highest BCUT2D eigenvalue weighted by molar-refractivity contribution is 4.91. The van der Waals surface area contributed by atoms with Crippen LogP contribution in [0.25, 0.3) is 0 Å². The lowest BCUT2D eigenvalue weighted by Crippen LogP contribution is -2.34. The molecule has 1 aliphatic rings. The SMILES string of the molecule is C=CCO[C@H]1C(OC)[C@@H](COC)C[C@H]1C. The van der Waals surface area contributed by atoms with Crippen molar-refractivity contribution in [3.8, 4) is 0 Å². The molecule has 3 nitrogen and oxygen atoms in total. The summed E-state index contributed by atoms with van der Waals surface area (Å²) in [4.78, 5) is 0. The average molecular weight is 214 g/mol. The van der Waals surface area contributed by atoms with Crippen LogP contribution in [0.2, 0.25) is 0 Å². The van der Waals surface area contributed by atoms with Gasteiger partial charge in [-0.25, -0.2) is 0 Å². The molecular formula is C12H22O3. The number of methoxy groups -OCH3 is 2. The molecule has 1 rings (SSSR count). The Kier molecular flexibility index (Phi) is 5.29. The summed E-state index contributed by atoms with van der Waals surface area (Å²) in [5.41, 5.74) is 0. The molecule has 0 aromatic carbocycles. The lowest BCUT2D eigenvalue weighted by atomic mass is 10.1. The summed E-state index contributed by atoms with van der Waals surface area (Å²) in [6, 6.07) is 0. The van der Waals surface area contributed by atoms with Crippen LogP contribution in [0.3, 0.4) is 0 Å². The Labute approximate surface area is 92.4 Å². The first-order valence-electron chi connectivity index (χ1n) is 5.48. The van der Waals surface area contributed by atoms with Crippen LogP contribution in [-0.4, -0.2) is 39.6 Å². The zero-order chi connectivity index (χ0) is 11.3. The minimum absolute atomic E-state index is 0.153. The Morgan fingerprint density at radius 1 is 1.33 bits per heavy atom. The molecule has 0 N–H and O–H groups in total. The van der Waals surface area contributed by atoms with E-state index >= 15 is 0 Å². The summed E-state index contributed by atoms with van der Waals surface area (Å²) in [6.45, 7) is 7.20. The van der Waals surface area contributed by atoms with E-state index in [1.165, 1.54) is 0 Å². The van der Waals surface area contributed by atoms with Crippen LogP contribution < -0.4 is 0 Å². The molecule has 0 amide bonds. The van der Waals surface area contributed by atoms with Gasteiger partial charge in [0.2, 0.25) is 0 Å². The van der Waals surface area contributed by atoms with Gasteiger partial charge in [-0.3, -0.25) is 0 Å². The van der Waals surface area contributed by atoms with E-state index in [1.54, 1.807) is 20.3 Å². The van der Waals surface area contributed by atoms with Crippen molar-refractivity contribution < 1.29 is 14.2 Å². The fourth-order valence-corrected chi connectivity index (χ4v) is 2.48. The summed E-state index contributed by atoms with van der Waals surface area (Å²) >= 11 is 0. The molecule has 1 aliphatic carbocycles. The van der Waals surface area contributed by atoms with Crippen LogP contribution >= 0.6 is 0 Å². The Morgan fingerprint density at radius 2 is 2.07 bits per heavy atom. The van der Waals surface area contributed by atoms with Crippen molar-refractivity contribution in [3.05, 3.63) is 12.7 Å². The number of hydrogen-bond acceptors (Lipinski definition) is 3. The molecule has 15 heavy (non-hydrogen) atoms. The van der Waals surface area contributed by atoms with Crippen LogP contribution in [0.1, 0.15) is 13.3 Å². The molecule has 3 heteroatoms.